The van der Waals surface area contributed by atoms with Crippen LogP contribution < -0.4 is 0 Å². The van der Waals surface area contributed by atoms with E-state index in [0.717, 1.165) is 19.3 Å². The second kappa shape index (κ2) is 6.56. The smallest absolute Gasteiger partial charge is 0.460 e. The molecule has 29 heavy (non-hydrogen) atoms. The molecule has 0 radical (unpaired) electrons. The standard InChI is InChI=1S/C18H22F2N2O6S/c19-18(20,29(25,26)27)15(24)28-10-17-6-12-3-13(7-17)5-16(4-12,9-17)8-14(23)22-2-1-21-11-22/h1-2,11-13H,3-10H2,(H,25,26,27). The zero-order valence-electron chi connectivity index (χ0n) is 15.6. The number of imidazole rings is 1. The maximum Gasteiger partial charge on any atom is 0.465 e. The number of hydrogen-bond donors (Lipinski definition) is 1. The van der Waals surface area contributed by atoms with Gasteiger partial charge in [0.1, 0.15) is 6.33 Å². The molecule has 4 fully saturated rings. The fourth-order valence-corrected chi connectivity index (χ4v) is 6.52. The lowest BCUT2D eigenvalue weighted by Crippen LogP contribution is -2.55. The predicted octanol–water partition coefficient (Wildman–Crippen LogP) is 2.52. The first-order valence-electron chi connectivity index (χ1n) is 9.47. The van der Waals surface area contributed by atoms with Crippen LogP contribution in [0, 0.1) is 22.7 Å². The van der Waals surface area contributed by atoms with Gasteiger partial charge >= 0.3 is 21.3 Å². The molecule has 4 aliphatic carbocycles. The van der Waals surface area contributed by atoms with Crippen molar-refractivity contribution in [1.29, 1.82) is 0 Å². The average Bonchev–Trinajstić information content (AvgIpc) is 3.12. The summed E-state index contributed by atoms with van der Waals surface area (Å²) in [6.45, 7) is -0.342. The molecule has 4 bridgehead atoms. The molecule has 4 saturated carbocycles. The van der Waals surface area contributed by atoms with Crippen molar-refractivity contribution < 1.29 is 36.1 Å². The number of ether oxygens (including phenoxy) is 1. The highest BCUT2D eigenvalue weighted by molar-refractivity contribution is 7.87. The summed E-state index contributed by atoms with van der Waals surface area (Å²) in [5, 5.41) is -5.00. The van der Waals surface area contributed by atoms with Gasteiger partial charge in [0.2, 0.25) is 5.91 Å². The zero-order valence-corrected chi connectivity index (χ0v) is 16.4. The van der Waals surface area contributed by atoms with Crippen molar-refractivity contribution in [2.24, 2.45) is 22.7 Å². The second-order valence-corrected chi connectivity index (χ2v) is 10.5. The number of aromatic nitrogens is 2. The third-order valence-electron chi connectivity index (χ3n) is 6.69. The van der Waals surface area contributed by atoms with Crippen molar-refractivity contribution in [2.75, 3.05) is 6.61 Å². The van der Waals surface area contributed by atoms with Crippen molar-refractivity contribution in [3.63, 3.8) is 0 Å². The van der Waals surface area contributed by atoms with Gasteiger partial charge in [-0.3, -0.25) is 13.9 Å². The summed E-state index contributed by atoms with van der Waals surface area (Å²) in [5.41, 5.74) is -0.840. The van der Waals surface area contributed by atoms with Crippen LogP contribution in [0.15, 0.2) is 18.7 Å². The van der Waals surface area contributed by atoms with Gasteiger partial charge in [0, 0.05) is 24.2 Å². The maximum atomic E-state index is 13.5. The Morgan fingerprint density at radius 3 is 2.38 bits per heavy atom. The molecular formula is C18H22F2N2O6S. The molecule has 0 amide bonds. The molecule has 0 aromatic carbocycles. The Morgan fingerprint density at radius 1 is 1.21 bits per heavy atom. The summed E-state index contributed by atoms with van der Waals surface area (Å²) in [6, 6.07) is 0. The molecule has 2 atom stereocenters. The van der Waals surface area contributed by atoms with Crippen LogP contribution in [0.2, 0.25) is 0 Å². The molecule has 2 unspecified atom stereocenters. The topological polar surface area (TPSA) is 116 Å². The first-order chi connectivity index (χ1) is 13.4. The lowest BCUT2D eigenvalue weighted by molar-refractivity contribution is -0.178. The van der Waals surface area contributed by atoms with Crippen LogP contribution in [-0.4, -0.2) is 46.3 Å². The predicted molar refractivity (Wildman–Crippen MR) is 94.5 cm³/mol. The van der Waals surface area contributed by atoms with Crippen molar-refractivity contribution in [3.8, 4) is 0 Å². The molecule has 1 aromatic heterocycles. The zero-order chi connectivity index (χ0) is 21.1. The van der Waals surface area contributed by atoms with E-state index in [1.807, 2.05) is 0 Å². The van der Waals surface area contributed by atoms with Gasteiger partial charge in [0.25, 0.3) is 0 Å². The lowest BCUT2D eigenvalue weighted by atomic mass is 9.43. The minimum atomic E-state index is -5.89. The first kappa shape index (κ1) is 20.4. The summed E-state index contributed by atoms with van der Waals surface area (Å²) < 4.78 is 63.3. The van der Waals surface area contributed by atoms with Crippen LogP contribution in [0.3, 0.4) is 0 Å². The Hall–Kier alpha value is -1.88. The fourth-order valence-electron chi connectivity index (χ4n) is 6.25. The molecule has 0 saturated heterocycles. The molecule has 1 N–H and O–H groups in total. The Bertz CT molecular complexity index is 916. The van der Waals surface area contributed by atoms with E-state index in [4.69, 9.17) is 9.29 Å². The van der Waals surface area contributed by atoms with Gasteiger partial charge in [-0.1, -0.05) is 0 Å². The molecule has 8 nitrogen and oxygen atoms in total. The van der Waals surface area contributed by atoms with E-state index in [1.54, 1.807) is 6.20 Å². The van der Waals surface area contributed by atoms with Crippen molar-refractivity contribution in [2.45, 2.75) is 50.2 Å². The van der Waals surface area contributed by atoms with Gasteiger partial charge in [-0.2, -0.15) is 17.2 Å². The van der Waals surface area contributed by atoms with E-state index < -0.39 is 26.8 Å². The Labute approximate surface area is 166 Å². The third kappa shape index (κ3) is 3.58. The monoisotopic (exact) mass is 432 g/mol. The Balaban J connectivity index is 1.50. The molecular weight excluding hydrogens is 410 g/mol. The highest BCUT2D eigenvalue weighted by atomic mass is 32.2. The molecule has 1 heterocycles. The van der Waals surface area contributed by atoms with Gasteiger partial charge in [-0.25, -0.2) is 9.78 Å². The average molecular weight is 432 g/mol. The number of carbonyl (C=O) groups is 2. The largest absolute Gasteiger partial charge is 0.465 e. The fraction of sp³-hybridized carbons (Fsp3) is 0.722. The lowest BCUT2D eigenvalue weighted by Gasteiger charge is -2.61. The number of carbonyl (C=O) groups excluding carboxylic acids is 2. The number of halogens is 2. The molecule has 0 spiro atoms. The van der Waals surface area contributed by atoms with Gasteiger partial charge in [-0.05, 0) is 55.8 Å². The highest BCUT2D eigenvalue weighted by Crippen LogP contribution is 2.66. The molecule has 0 aliphatic heterocycles. The number of hydrogen-bond acceptors (Lipinski definition) is 6. The summed E-state index contributed by atoms with van der Waals surface area (Å²) in [4.78, 5) is 28.2. The van der Waals surface area contributed by atoms with E-state index in [1.165, 1.54) is 17.1 Å². The molecule has 4 aliphatic rings. The Kier molecular flexibility index (Phi) is 4.61. The van der Waals surface area contributed by atoms with Crippen molar-refractivity contribution >= 4 is 22.0 Å². The number of alkyl halides is 2. The first-order valence-corrected chi connectivity index (χ1v) is 10.9. The van der Waals surface area contributed by atoms with E-state index in [-0.39, 0.29) is 17.9 Å². The van der Waals surface area contributed by atoms with Crippen molar-refractivity contribution in [1.82, 2.24) is 9.55 Å². The van der Waals surface area contributed by atoms with Crippen LogP contribution in [0.1, 0.15) is 49.7 Å². The van der Waals surface area contributed by atoms with Crippen LogP contribution in [0.25, 0.3) is 0 Å². The molecule has 5 rings (SSSR count). The van der Waals surface area contributed by atoms with Gasteiger partial charge < -0.3 is 4.74 Å². The van der Waals surface area contributed by atoms with Crippen LogP contribution in [-0.2, 0) is 19.6 Å². The normalized spacial score (nSPS) is 33.6. The minimum absolute atomic E-state index is 0.0884. The van der Waals surface area contributed by atoms with Gasteiger partial charge in [0.05, 0.1) is 6.61 Å². The summed E-state index contributed by atoms with van der Waals surface area (Å²) in [5.74, 6) is -1.73. The molecule has 1 aromatic rings. The van der Waals surface area contributed by atoms with Crippen LogP contribution in [0.4, 0.5) is 8.78 Å². The maximum absolute atomic E-state index is 13.5. The van der Waals surface area contributed by atoms with E-state index in [2.05, 4.69) is 4.98 Å². The van der Waals surface area contributed by atoms with E-state index in [0.29, 0.717) is 37.5 Å². The number of esters is 1. The molecule has 160 valence electrons. The third-order valence-corrected chi connectivity index (χ3v) is 7.51. The minimum Gasteiger partial charge on any atom is -0.460 e. The van der Waals surface area contributed by atoms with Crippen LogP contribution >= 0.6 is 0 Å². The van der Waals surface area contributed by atoms with Gasteiger partial charge in [-0.15, -0.1) is 0 Å². The Morgan fingerprint density at radius 2 is 1.83 bits per heavy atom. The number of nitrogens with zero attached hydrogens (tertiary/aromatic N) is 2. The summed E-state index contributed by atoms with van der Waals surface area (Å²) in [6.07, 6.45) is 9.50. The number of rotatable bonds is 6. The van der Waals surface area contributed by atoms with Crippen LogP contribution in [0.5, 0.6) is 0 Å². The van der Waals surface area contributed by atoms with Gasteiger partial charge in [0.15, 0.2) is 0 Å². The van der Waals surface area contributed by atoms with E-state index in [9.17, 15) is 26.8 Å². The summed E-state index contributed by atoms with van der Waals surface area (Å²) >= 11 is 0. The SMILES string of the molecule is O=C(CC12CC3CC(CC(COC(=O)C(F)(F)S(=O)(=O)O)(C3)C1)C2)n1ccnc1. The van der Waals surface area contributed by atoms with Crippen molar-refractivity contribution in [3.05, 3.63) is 18.7 Å². The molecule has 11 heteroatoms. The quantitative estimate of drug-likeness (QED) is 0.542. The summed E-state index contributed by atoms with van der Waals surface area (Å²) in [7, 11) is -5.89. The van der Waals surface area contributed by atoms with E-state index >= 15 is 0 Å². The second-order valence-electron chi connectivity index (χ2n) is 9.07. The highest BCUT2D eigenvalue weighted by Gasteiger charge is 2.60.